The van der Waals surface area contributed by atoms with Gasteiger partial charge in [0.1, 0.15) is 29.5 Å². The summed E-state index contributed by atoms with van der Waals surface area (Å²) in [4.78, 5) is 51.6. The minimum absolute atomic E-state index is 0.0345. The van der Waals surface area contributed by atoms with Crippen LogP contribution in [-0.2, 0) is 39.1 Å². The number of pyridine rings is 2. The van der Waals surface area contributed by atoms with E-state index in [-0.39, 0.29) is 46.8 Å². The summed E-state index contributed by atoms with van der Waals surface area (Å²) in [5, 5.41) is 21.6. The van der Waals surface area contributed by atoms with Crippen LogP contribution < -0.4 is 43.2 Å². The van der Waals surface area contributed by atoms with Crippen molar-refractivity contribution in [1.29, 1.82) is 0 Å². The lowest BCUT2D eigenvalue weighted by Crippen LogP contribution is -2.38. The number of carbonyl (C=O) groups excluding carboxylic acids is 3. The quantitative estimate of drug-likeness (QED) is 0.0252. The van der Waals surface area contributed by atoms with Crippen molar-refractivity contribution < 1.29 is 18.8 Å². The lowest BCUT2D eigenvalue weighted by molar-refractivity contribution is -0.120. The van der Waals surface area contributed by atoms with Gasteiger partial charge in [-0.15, -0.1) is 0 Å². The Morgan fingerprint density at radius 2 is 1.16 bits per heavy atom. The number of nitrogens with zero attached hydrogens (tertiary/aromatic N) is 1. The highest BCUT2D eigenvalue weighted by Crippen LogP contribution is 2.27. The van der Waals surface area contributed by atoms with Crippen LogP contribution in [-0.4, -0.2) is 51.9 Å². The number of fused-ring (bicyclic) bond motifs is 5. The van der Waals surface area contributed by atoms with E-state index in [0.29, 0.717) is 12.2 Å². The third kappa shape index (κ3) is 23.7. The highest BCUT2D eigenvalue weighted by Gasteiger charge is 2.15. The van der Waals surface area contributed by atoms with Gasteiger partial charge in [0, 0.05) is 66.2 Å². The molecule has 2 aromatic heterocycles. The zero-order valence-electron chi connectivity index (χ0n) is 54.2. The lowest BCUT2D eigenvalue weighted by Gasteiger charge is -2.23. The molecule has 0 aliphatic carbocycles. The number of H-pyrrole nitrogens is 1. The van der Waals surface area contributed by atoms with Crippen LogP contribution in [0.5, 0.6) is 0 Å². The second kappa shape index (κ2) is 35.7. The van der Waals surface area contributed by atoms with Crippen molar-refractivity contribution in [2.45, 2.75) is 84.1 Å². The van der Waals surface area contributed by atoms with E-state index < -0.39 is 0 Å². The topological polar surface area (TPSA) is 195 Å². The van der Waals surface area contributed by atoms with Gasteiger partial charge in [0.2, 0.25) is 17.4 Å². The number of hydrogen-bond donors (Lipinski definition) is 8. The predicted octanol–water partition coefficient (Wildman–Crippen LogP) is 16.3. The van der Waals surface area contributed by atoms with Gasteiger partial charge in [-0.2, -0.15) is 0 Å². The molecule has 486 valence electrons. The number of nitrogens with two attached hydrogens (primary N) is 1. The van der Waals surface area contributed by atoms with Crippen LogP contribution in [0, 0.1) is 33.5 Å². The number of rotatable bonds is 12. The van der Waals surface area contributed by atoms with Crippen molar-refractivity contribution >= 4 is 114 Å². The smallest absolute Gasteiger partial charge is 0.248 e. The molecule has 9 N–H and O–H groups in total. The second-order valence-corrected chi connectivity index (χ2v) is 24.1. The molecular weight excluding hydrogens is 1270 g/mol. The number of alkyl halides is 2. The highest BCUT2D eigenvalue weighted by molar-refractivity contribution is 9.08. The number of ketones is 1. The lowest BCUT2D eigenvalue weighted by atomic mass is 10.1. The number of anilines is 4. The number of hydrogen-bond acceptors (Lipinski definition) is 10. The first kappa shape index (κ1) is 70.7. The van der Waals surface area contributed by atoms with Crippen LogP contribution in [0.3, 0.4) is 0 Å². The fourth-order valence-corrected chi connectivity index (χ4v) is 10.7. The van der Waals surface area contributed by atoms with E-state index >= 15 is 0 Å². The standard InChI is InChI=1S/C18H18FN3.C17H16O.C12H13BrN2O.C12H14N2O.C10H10ClN.C10H9NO/c19-16-3-1-2-13(11-16)8-9-21-12-14-4-6-17-15(10-14)5-7-18(20)22-17;1-14-7-9-16(10-8-14)13-17(18)12-11-15-5-3-2-4-6-15;1-8(16)14-12-5-3-10-6-9(7-13)2-4-11(10)15-12;1-8-3-5-11-10(7-8)4-6-12(14-11)13-9(2)15;1-7-2-4-9-8(6-7)3-5-10(11)12-9;1-7-2-4-9-8(6-7)3-5-10(12)11-9/h1-7,10-11,21H,8-9,12H2,(H2,20,22);2-12H,13H2,1H3;2-6,12,15H,7H2,1H3,(H,14,16);3-7,12,14H,1-2H3,(H,13,15);2-6,10,12H,1H3;2-6H,1H3,(H,11,12)/b;12-11+;;;;. The maximum Gasteiger partial charge on any atom is 0.248 e. The molecule has 3 aliphatic rings. The molecule has 0 saturated heterocycles. The minimum atomic E-state index is -0.182. The number of allylic oxidation sites excluding steroid dienone is 1. The summed E-state index contributed by atoms with van der Waals surface area (Å²) in [6.07, 6.45) is 16.5. The van der Waals surface area contributed by atoms with E-state index in [2.05, 4.69) is 126 Å². The van der Waals surface area contributed by atoms with Gasteiger partial charge in [-0.05, 0) is 206 Å². The van der Waals surface area contributed by atoms with Crippen molar-refractivity contribution in [2.75, 3.05) is 28.2 Å². The Hall–Kier alpha value is -10.2. The van der Waals surface area contributed by atoms with Crippen LogP contribution in [0.15, 0.2) is 223 Å². The SMILES string of the molecule is CC(=O)NC1C=Cc2cc(C)ccc2N1.CC(=O)NC1C=Cc2cc(CBr)ccc2N1.Cc1ccc(CC(=O)/C=C/c2ccccc2)cc1.Cc1ccc2[nH]c(=O)ccc2c1.Cc1ccc2c(c1)C=CC(Cl)N2.Nc1ccc2cc(CNCCc3cccc(F)c3)ccc2n1. The Labute approximate surface area is 569 Å². The summed E-state index contributed by atoms with van der Waals surface area (Å²) in [6, 6.07) is 62.6. The van der Waals surface area contributed by atoms with Gasteiger partial charge in [-0.3, -0.25) is 19.2 Å². The monoisotopic (exact) mass is 1350 g/mol. The summed E-state index contributed by atoms with van der Waals surface area (Å²) in [6.45, 7) is 12.8. The zero-order valence-corrected chi connectivity index (χ0v) is 56.5. The molecule has 3 aliphatic heterocycles. The molecule has 13 rings (SSSR count). The largest absolute Gasteiger partial charge is 0.384 e. The number of aromatic amines is 1. The molecule has 0 spiro atoms. The maximum atomic E-state index is 13.1. The maximum absolute atomic E-state index is 13.1. The number of carbonyl (C=O) groups is 3. The average Bonchev–Trinajstić information content (AvgIpc) is 1.26. The van der Waals surface area contributed by atoms with Crippen LogP contribution in [0.4, 0.5) is 27.3 Å². The van der Waals surface area contributed by atoms with Crippen LogP contribution >= 0.6 is 27.5 Å². The summed E-state index contributed by atoms with van der Waals surface area (Å²) in [7, 11) is 0. The van der Waals surface area contributed by atoms with Crippen LogP contribution in [0.1, 0.15) is 80.6 Å². The fraction of sp³-hybridized carbons (Fsp3) is 0.177. The molecule has 3 atom stereocenters. The van der Waals surface area contributed by atoms with E-state index in [1.807, 2.05) is 172 Å². The van der Waals surface area contributed by atoms with Crippen molar-refractivity contribution in [3.63, 3.8) is 0 Å². The van der Waals surface area contributed by atoms with Crippen molar-refractivity contribution in [2.24, 2.45) is 0 Å². The third-order valence-electron chi connectivity index (χ3n) is 14.9. The number of nitrogen functional groups attached to an aromatic ring is 1. The molecule has 5 heterocycles. The zero-order chi connectivity index (χ0) is 67.6. The first-order valence-electron chi connectivity index (χ1n) is 31.2. The van der Waals surface area contributed by atoms with Crippen molar-refractivity contribution in [1.82, 2.24) is 25.9 Å². The Bertz CT molecular complexity index is 4440. The van der Waals surface area contributed by atoms with Crippen molar-refractivity contribution in [3.05, 3.63) is 301 Å². The molecule has 0 saturated carbocycles. The Morgan fingerprint density at radius 3 is 1.81 bits per heavy atom. The molecule has 95 heavy (non-hydrogen) atoms. The van der Waals surface area contributed by atoms with Gasteiger partial charge in [0.25, 0.3) is 0 Å². The molecule has 0 fully saturated rings. The van der Waals surface area contributed by atoms with Gasteiger partial charge in [-0.25, -0.2) is 9.37 Å². The molecule has 16 heteroatoms. The van der Waals surface area contributed by atoms with E-state index in [4.69, 9.17) is 17.3 Å². The van der Waals surface area contributed by atoms with Gasteiger partial charge in [0.05, 0.1) is 5.52 Å². The van der Waals surface area contributed by atoms with Gasteiger partial charge in [-0.1, -0.05) is 171 Å². The normalized spacial score (nSPS) is 14.2. The van der Waals surface area contributed by atoms with Gasteiger partial charge in [0.15, 0.2) is 5.78 Å². The minimum Gasteiger partial charge on any atom is -0.384 e. The van der Waals surface area contributed by atoms with Crippen LogP contribution in [0.25, 0.3) is 46.1 Å². The van der Waals surface area contributed by atoms with Crippen LogP contribution in [0.2, 0.25) is 0 Å². The number of aromatic nitrogens is 2. The second-order valence-electron chi connectivity index (χ2n) is 23.1. The van der Waals surface area contributed by atoms with E-state index in [9.17, 15) is 23.6 Å². The van der Waals surface area contributed by atoms with E-state index in [1.165, 1.54) is 58.9 Å². The summed E-state index contributed by atoms with van der Waals surface area (Å²) in [5.74, 6) is 0.408. The fourth-order valence-electron chi connectivity index (χ4n) is 10.1. The Balaban J connectivity index is 0.000000148. The average molecular weight is 1350 g/mol. The molecular formula is C79H80BrClFN9O4. The van der Waals surface area contributed by atoms with Crippen molar-refractivity contribution in [3.8, 4) is 0 Å². The summed E-state index contributed by atoms with van der Waals surface area (Å²) in [5.41, 5.74) is 24.6. The van der Waals surface area contributed by atoms with Gasteiger partial charge >= 0.3 is 0 Å². The molecule has 0 bridgehead atoms. The first-order valence-corrected chi connectivity index (χ1v) is 32.8. The summed E-state index contributed by atoms with van der Waals surface area (Å²) < 4.78 is 13.1. The molecule has 10 aromatic rings. The first-order chi connectivity index (χ1) is 45.8. The van der Waals surface area contributed by atoms with E-state index in [0.717, 1.165) is 91.5 Å². The molecule has 13 nitrogen and oxygen atoms in total. The molecule has 8 aromatic carbocycles. The number of benzene rings is 8. The number of aryl methyl sites for hydroxylation is 4. The predicted molar refractivity (Wildman–Crippen MR) is 397 cm³/mol. The third-order valence-corrected chi connectivity index (χ3v) is 15.8. The highest BCUT2D eigenvalue weighted by atomic mass is 79.9. The molecule has 2 amide bonds. The van der Waals surface area contributed by atoms with E-state index in [1.54, 1.807) is 24.3 Å². The number of amides is 2. The number of halogens is 3. The Kier molecular flexibility index (Phi) is 26.6. The van der Waals surface area contributed by atoms with Gasteiger partial charge < -0.3 is 42.6 Å². The molecule has 3 unspecified atom stereocenters. The summed E-state index contributed by atoms with van der Waals surface area (Å²) >= 11 is 9.31. The number of nitrogens with one attached hydrogen (secondary N) is 7. The molecule has 0 radical (unpaired) electrons. The Morgan fingerprint density at radius 1 is 0.579 bits per heavy atom.